The minimum absolute atomic E-state index is 0.0744. The van der Waals surface area contributed by atoms with Crippen LogP contribution in [0.25, 0.3) is 11.3 Å². The van der Waals surface area contributed by atoms with Crippen LogP contribution in [0.1, 0.15) is 22.3 Å². The molecule has 2 heterocycles. The third kappa shape index (κ3) is 4.24. The summed E-state index contributed by atoms with van der Waals surface area (Å²) in [4.78, 5) is 24.3. The van der Waals surface area contributed by atoms with Gasteiger partial charge in [0.2, 0.25) is 0 Å². The van der Waals surface area contributed by atoms with Crippen LogP contribution in [0.5, 0.6) is 0 Å². The fourth-order valence-corrected chi connectivity index (χ4v) is 3.79. The van der Waals surface area contributed by atoms with Gasteiger partial charge in [-0.2, -0.15) is 5.26 Å². The second-order valence-electron chi connectivity index (χ2n) is 7.08. The molecule has 1 aromatic carbocycles. The number of nitrogens with one attached hydrogen (secondary N) is 1. The van der Waals surface area contributed by atoms with Crippen molar-refractivity contribution in [2.45, 2.75) is 25.5 Å². The van der Waals surface area contributed by atoms with E-state index in [9.17, 15) is 10.1 Å². The molecule has 0 aliphatic carbocycles. The van der Waals surface area contributed by atoms with Gasteiger partial charge in [-0.1, -0.05) is 17.8 Å². The second kappa shape index (κ2) is 8.26. The molecule has 1 aromatic heterocycles. The van der Waals surface area contributed by atoms with Gasteiger partial charge in [0.15, 0.2) is 5.16 Å². The molecule has 6 nitrogen and oxygen atoms in total. The molecule has 0 unspecified atom stereocenters. The molecule has 1 aliphatic heterocycles. The van der Waals surface area contributed by atoms with Gasteiger partial charge in [0.25, 0.3) is 5.56 Å². The molecular weight excluding hydrogens is 358 g/mol. The van der Waals surface area contributed by atoms with E-state index in [4.69, 9.17) is 0 Å². The fourth-order valence-electron chi connectivity index (χ4n) is 3.42. The lowest BCUT2D eigenvalue weighted by Crippen LogP contribution is -2.43. The molecule has 3 rings (SSSR count). The molecule has 2 aromatic rings. The van der Waals surface area contributed by atoms with E-state index < -0.39 is 0 Å². The molecule has 1 fully saturated rings. The van der Waals surface area contributed by atoms with E-state index in [2.05, 4.69) is 45.9 Å². The van der Waals surface area contributed by atoms with Gasteiger partial charge in [-0.15, -0.1) is 0 Å². The molecule has 0 saturated carbocycles. The molecule has 0 radical (unpaired) electrons. The molecule has 1 saturated heterocycles. The number of hydrogen-bond donors (Lipinski definition) is 1. The summed E-state index contributed by atoms with van der Waals surface area (Å²) in [6.45, 7) is 9.22. The fraction of sp³-hybridized carbons (Fsp3) is 0.450. The van der Waals surface area contributed by atoms with E-state index >= 15 is 0 Å². The molecule has 27 heavy (non-hydrogen) atoms. The zero-order chi connectivity index (χ0) is 19.6. The molecule has 0 atom stereocenters. The van der Waals surface area contributed by atoms with E-state index in [-0.39, 0.29) is 11.1 Å². The van der Waals surface area contributed by atoms with Crippen molar-refractivity contribution in [1.29, 1.82) is 5.26 Å². The predicted octanol–water partition coefficient (Wildman–Crippen LogP) is 2.39. The monoisotopic (exact) mass is 383 g/mol. The van der Waals surface area contributed by atoms with Gasteiger partial charge in [0.05, 0.1) is 5.69 Å². The Morgan fingerprint density at radius 1 is 1.22 bits per heavy atom. The SMILES string of the molecule is CSc1nc(-c2cc(CN3CCN(C)CC3)c(C)cc2C)c(C#N)c(=O)[nH]1. The standard InChI is InChI=1S/C20H25N5OS/c1-13-9-14(2)16(10-15(13)12-25-7-5-24(3)6-8-25)18-17(11-21)19(26)23-20(22-18)27-4/h9-10H,5-8,12H2,1-4H3,(H,22,23,26). The van der Waals surface area contributed by atoms with Crippen LogP contribution in [0, 0.1) is 25.2 Å². The minimum Gasteiger partial charge on any atom is -0.304 e. The number of aromatic nitrogens is 2. The van der Waals surface area contributed by atoms with E-state index in [1.807, 2.05) is 19.2 Å². The highest BCUT2D eigenvalue weighted by Gasteiger charge is 2.19. The average Bonchev–Trinajstić information content (AvgIpc) is 2.65. The van der Waals surface area contributed by atoms with Crippen LogP contribution in [-0.2, 0) is 6.54 Å². The number of likely N-dealkylation sites (N-methyl/N-ethyl adjacent to an activating group) is 1. The third-order valence-corrected chi connectivity index (χ3v) is 5.71. The first-order valence-electron chi connectivity index (χ1n) is 9.02. The lowest BCUT2D eigenvalue weighted by molar-refractivity contribution is 0.148. The zero-order valence-corrected chi connectivity index (χ0v) is 17.1. The van der Waals surface area contributed by atoms with Gasteiger partial charge in [-0.25, -0.2) is 4.98 Å². The first kappa shape index (κ1) is 19.6. The molecule has 0 bridgehead atoms. The van der Waals surface area contributed by atoms with Crippen molar-refractivity contribution in [3.8, 4) is 17.3 Å². The van der Waals surface area contributed by atoms with Crippen molar-refractivity contribution in [1.82, 2.24) is 19.8 Å². The molecule has 1 aliphatic rings. The quantitative estimate of drug-likeness (QED) is 0.645. The van der Waals surface area contributed by atoms with E-state index in [0.717, 1.165) is 43.9 Å². The van der Waals surface area contributed by atoms with Gasteiger partial charge >= 0.3 is 0 Å². The van der Waals surface area contributed by atoms with E-state index in [0.29, 0.717) is 10.9 Å². The summed E-state index contributed by atoms with van der Waals surface area (Å²) < 4.78 is 0. The van der Waals surface area contributed by atoms with Gasteiger partial charge in [-0.05, 0) is 49.9 Å². The van der Waals surface area contributed by atoms with Crippen molar-refractivity contribution in [3.05, 3.63) is 44.7 Å². The number of nitrogens with zero attached hydrogens (tertiary/aromatic N) is 4. The van der Waals surface area contributed by atoms with Crippen molar-refractivity contribution < 1.29 is 0 Å². The topological polar surface area (TPSA) is 76.0 Å². The molecule has 7 heteroatoms. The van der Waals surface area contributed by atoms with Crippen molar-refractivity contribution >= 4 is 11.8 Å². The molecule has 0 amide bonds. The van der Waals surface area contributed by atoms with Crippen LogP contribution in [0.15, 0.2) is 22.1 Å². The van der Waals surface area contributed by atoms with Crippen molar-refractivity contribution in [3.63, 3.8) is 0 Å². The van der Waals surface area contributed by atoms with Crippen molar-refractivity contribution in [2.24, 2.45) is 0 Å². The highest BCUT2D eigenvalue weighted by atomic mass is 32.2. The Morgan fingerprint density at radius 3 is 2.56 bits per heavy atom. The molecular formula is C20H25N5OS. The van der Waals surface area contributed by atoms with Gasteiger partial charge in [-0.3, -0.25) is 9.69 Å². The number of hydrogen-bond acceptors (Lipinski definition) is 6. The number of thioether (sulfide) groups is 1. The summed E-state index contributed by atoms with van der Waals surface area (Å²) in [5.41, 5.74) is 4.50. The number of nitriles is 1. The van der Waals surface area contributed by atoms with Crippen LogP contribution in [0.2, 0.25) is 0 Å². The van der Waals surface area contributed by atoms with Gasteiger partial charge in [0.1, 0.15) is 11.6 Å². The Kier molecular flexibility index (Phi) is 6.00. The van der Waals surface area contributed by atoms with Crippen LogP contribution < -0.4 is 5.56 Å². The molecule has 0 spiro atoms. The number of rotatable bonds is 4. The summed E-state index contributed by atoms with van der Waals surface area (Å²) in [6.07, 6.45) is 1.86. The van der Waals surface area contributed by atoms with Crippen LogP contribution in [0.3, 0.4) is 0 Å². The third-order valence-electron chi connectivity index (χ3n) is 5.13. The first-order valence-corrected chi connectivity index (χ1v) is 10.2. The maximum absolute atomic E-state index is 12.3. The number of H-pyrrole nitrogens is 1. The summed E-state index contributed by atoms with van der Waals surface area (Å²) in [6, 6.07) is 6.27. The van der Waals surface area contributed by atoms with Crippen LogP contribution in [0.4, 0.5) is 0 Å². The highest BCUT2D eigenvalue weighted by molar-refractivity contribution is 7.98. The van der Waals surface area contributed by atoms with Crippen molar-refractivity contribution in [2.75, 3.05) is 39.5 Å². The van der Waals surface area contributed by atoms with Gasteiger partial charge in [0, 0.05) is 38.3 Å². The lowest BCUT2D eigenvalue weighted by Gasteiger charge is -2.32. The van der Waals surface area contributed by atoms with Crippen LogP contribution >= 0.6 is 11.8 Å². The summed E-state index contributed by atoms with van der Waals surface area (Å²) in [5.74, 6) is 0. The number of benzene rings is 1. The maximum atomic E-state index is 12.3. The normalized spacial score (nSPS) is 15.7. The number of aromatic amines is 1. The van der Waals surface area contributed by atoms with E-state index in [1.54, 1.807) is 0 Å². The largest absolute Gasteiger partial charge is 0.304 e. The number of piperazine rings is 1. The molecule has 142 valence electrons. The Morgan fingerprint density at radius 2 is 1.93 bits per heavy atom. The smallest absolute Gasteiger partial charge is 0.270 e. The minimum atomic E-state index is -0.382. The van der Waals surface area contributed by atoms with Crippen LogP contribution in [-0.4, -0.2) is 59.3 Å². The first-order chi connectivity index (χ1) is 12.9. The van der Waals surface area contributed by atoms with E-state index in [1.165, 1.54) is 22.9 Å². The average molecular weight is 384 g/mol. The summed E-state index contributed by atoms with van der Waals surface area (Å²) >= 11 is 1.36. The predicted molar refractivity (Wildman–Crippen MR) is 109 cm³/mol. The highest BCUT2D eigenvalue weighted by Crippen LogP contribution is 2.28. The van der Waals surface area contributed by atoms with Gasteiger partial charge < -0.3 is 9.88 Å². The number of aryl methyl sites for hydroxylation is 2. The Balaban J connectivity index is 2.03. The molecule has 1 N–H and O–H groups in total. The maximum Gasteiger partial charge on any atom is 0.270 e. The lowest BCUT2D eigenvalue weighted by atomic mass is 9.95. The zero-order valence-electron chi connectivity index (χ0n) is 16.3. The Hall–Kier alpha value is -2.14. The Labute approximate surface area is 164 Å². The second-order valence-corrected chi connectivity index (χ2v) is 7.88. The summed E-state index contributed by atoms with van der Waals surface area (Å²) in [7, 11) is 2.15. The summed E-state index contributed by atoms with van der Waals surface area (Å²) in [5, 5.41) is 10.0. The Bertz CT molecular complexity index is 939.